The van der Waals surface area contributed by atoms with E-state index in [1.54, 1.807) is 31.9 Å². The zero-order chi connectivity index (χ0) is 21.0. The molecule has 0 unspecified atom stereocenters. The number of ether oxygens (including phenoxy) is 2. The van der Waals surface area contributed by atoms with Crippen LogP contribution in [0.3, 0.4) is 0 Å². The predicted octanol–water partition coefficient (Wildman–Crippen LogP) is 4.81. The van der Waals surface area contributed by atoms with E-state index in [2.05, 4.69) is 24.9 Å². The Hall–Kier alpha value is -4.26. The number of benzene rings is 2. The lowest BCUT2D eigenvalue weighted by molar-refractivity contribution is 0.413. The third kappa shape index (κ3) is 3.93. The van der Waals surface area contributed by atoms with Gasteiger partial charge in [0.1, 0.15) is 23.0 Å². The van der Waals surface area contributed by atoms with Gasteiger partial charge in [0, 0.05) is 25.0 Å². The minimum absolute atomic E-state index is 0.400. The van der Waals surface area contributed by atoms with E-state index in [4.69, 9.17) is 9.47 Å². The van der Waals surface area contributed by atoms with Gasteiger partial charge in [-0.25, -0.2) is 15.0 Å². The second-order valence-corrected chi connectivity index (χ2v) is 6.91. The highest BCUT2D eigenvalue weighted by Gasteiger charge is 2.15. The Morgan fingerprint density at radius 2 is 1.74 bits per heavy atom. The van der Waals surface area contributed by atoms with Crippen molar-refractivity contribution in [3.8, 4) is 28.6 Å². The van der Waals surface area contributed by atoms with E-state index < -0.39 is 0 Å². The Bertz CT molecular complexity index is 1300. The molecule has 5 aromatic rings. The summed E-state index contributed by atoms with van der Waals surface area (Å²) in [7, 11) is 1.60. The van der Waals surface area contributed by atoms with Gasteiger partial charge in [0.25, 0.3) is 0 Å². The summed E-state index contributed by atoms with van der Waals surface area (Å²) in [5, 5.41) is 0. The Balaban J connectivity index is 1.37. The molecule has 0 aliphatic carbocycles. The quantitative estimate of drug-likeness (QED) is 0.433. The number of pyridine rings is 1. The van der Waals surface area contributed by atoms with Crippen molar-refractivity contribution in [3.05, 3.63) is 90.8 Å². The van der Waals surface area contributed by atoms with Crippen LogP contribution >= 0.6 is 0 Å². The first kappa shape index (κ1) is 18.7. The highest BCUT2D eigenvalue weighted by molar-refractivity contribution is 5.74. The van der Waals surface area contributed by atoms with Crippen molar-refractivity contribution < 1.29 is 9.47 Å². The first-order chi connectivity index (χ1) is 15.3. The number of nitrogens with zero attached hydrogens (tertiary/aromatic N) is 4. The van der Waals surface area contributed by atoms with Crippen molar-refractivity contribution in [2.45, 2.75) is 6.42 Å². The van der Waals surface area contributed by atoms with Gasteiger partial charge in [-0.1, -0.05) is 24.3 Å². The van der Waals surface area contributed by atoms with Crippen LogP contribution in [-0.4, -0.2) is 32.0 Å². The number of hydrogen-bond donors (Lipinski definition) is 1. The topological polar surface area (TPSA) is 85.8 Å². The molecule has 0 spiro atoms. The third-order valence-electron chi connectivity index (χ3n) is 4.87. The van der Waals surface area contributed by atoms with Gasteiger partial charge in [0.15, 0.2) is 0 Å². The molecule has 0 atom stereocenters. The molecule has 0 saturated heterocycles. The monoisotopic (exact) mass is 409 g/mol. The lowest BCUT2D eigenvalue weighted by Gasteiger charge is -2.11. The Kier molecular flexibility index (Phi) is 4.98. The number of aromatic amines is 1. The van der Waals surface area contributed by atoms with E-state index in [0.29, 0.717) is 29.5 Å². The fraction of sp³-hybridized carbons (Fsp3) is 0.0833. The number of aromatic nitrogens is 5. The van der Waals surface area contributed by atoms with Gasteiger partial charge in [-0.3, -0.25) is 4.98 Å². The molecule has 7 nitrogen and oxygen atoms in total. The Labute approximate surface area is 178 Å². The minimum Gasteiger partial charge on any atom is -0.494 e. The van der Waals surface area contributed by atoms with Crippen molar-refractivity contribution >= 4 is 11.0 Å². The lowest BCUT2D eigenvalue weighted by atomic mass is 10.1. The molecule has 0 amide bonds. The third-order valence-corrected chi connectivity index (χ3v) is 4.87. The average Bonchev–Trinajstić information content (AvgIpc) is 3.23. The van der Waals surface area contributed by atoms with Gasteiger partial charge in [-0.2, -0.15) is 0 Å². The molecule has 0 bridgehead atoms. The molecule has 31 heavy (non-hydrogen) atoms. The largest absolute Gasteiger partial charge is 0.494 e. The van der Waals surface area contributed by atoms with E-state index >= 15 is 0 Å². The fourth-order valence-corrected chi connectivity index (χ4v) is 3.39. The van der Waals surface area contributed by atoms with Crippen LogP contribution in [0.2, 0.25) is 0 Å². The van der Waals surface area contributed by atoms with Crippen LogP contribution < -0.4 is 9.47 Å². The molecular formula is C24H19N5O2. The summed E-state index contributed by atoms with van der Waals surface area (Å²) >= 11 is 0. The van der Waals surface area contributed by atoms with Gasteiger partial charge < -0.3 is 14.5 Å². The van der Waals surface area contributed by atoms with Crippen molar-refractivity contribution in [1.29, 1.82) is 0 Å². The molecule has 0 radical (unpaired) electrons. The second kappa shape index (κ2) is 8.23. The summed E-state index contributed by atoms with van der Waals surface area (Å²) in [6.07, 6.45) is 7.25. The Morgan fingerprint density at radius 3 is 2.58 bits per heavy atom. The first-order valence-electron chi connectivity index (χ1n) is 9.80. The molecular weight excluding hydrogens is 390 g/mol. The number of methoxy groups -OCH3 is 1. The van der Waals surface area contributed by atoms with Crippen LogP contribution in [0.15, 0.2) is 79.4 Å². The normalized spacial score (nSPS) is 10.9. The molecule has 0 fully saturated rings. The molecule has 3 aromatic heterocycles. The zero-order valence-electron chi connectivity index (χ0n) is 16.8. The van der Waals surface area contributed by atoms with Crippen LogP contribution in [0.4, 0.5) is 0 Å². The summed E-state index contributed by atoms with van der Waals surface area (Å²) in [5.41, 5.74) is 4.50. The smallest absolute Gasteiger partial charge is 0.246 e. The van der Waals surface area contributed by atoms with Crippen LogP contribution in [-0.2, 0) is 6.42 Å². The summed E-state index contributed by atoms with van der Waals surface area (Å²) in [6, 6.07) is 17.7. The van der Waals surface area contributed by atoms with Crippen LogP contribution in [0.5, 0.6) is 17.4 Å². The number of fused-ring (bicyclic) bond motifs is 1. The molecule has 0 aliphatic heterocycles. The van der Waals surface area contributed by atoms with Gasteiger partial charge >= 0.3 is 0 Å². The lowest BCUT2D eigenvalue weighted by Crippen LogP contribution is -1.97. The second-order valence-electron chi connectivity index (χ2n) is 6.91. The number of hydrogen-bond acceptors (Lipinski definition) is 6. The average molecular weight is 409 g/mol. The van der Waals surface area contributed by atoms with E-state index in [0.717, 1.165) is 28.0 Å². The standard InChI is InChI=1S/C24H19N5O2/c1-30-21-15-25-11-10-18(21)23-24(27-13-12-26-23)31-17-8-6-16(7-9-17)14-22-28-19-4-2-3-5-20(19)29-22/h2-13,15H,14H2,1H3,(H,28,29). The maximum absolute atomic E-state index is 6.04. The minimum atomic E-state index is 0.400. The van der Waals surface area contributed by atoms with Crippen molar-refractivity contribution in [1.82, 2.24) is 24.9 Å². The molecule has 0 saturated carbocycles. The van der Waals surface area contributed by atoms with E-state index in [9.17, 15) is 0 Å². The van der Waals surface area contributed by atoms with Gasteiger partial charge in [0.05, 0.1) is 29.9 Å². The van der Waals surface area contributed by atoms with Crippen molar-refractivity contribution in [2.24, 2.45) is 0 Å². The molecule has 7 heteroatoms. The first-order valence-corrected chi connectivity index (χ1v) is 9.80. The Morgan fingerprint density at radius 1 is 0.903 bits per heavy atom. The molecule has 5 rings (SSSR count). The van der Waals surface area contributed by atoms with Gasteiger partial charge in [-0.15, -0.1) is 0 Å². The SMILES string of the molecule is COc1cnccc1-c1nccnc1Oc1ccc(Cc2nc3ccccc3[nH]2)cc1. The fourth-order valence-electron chi connectivity index (χ4n) is 3.39. The molecule has 0 aliphatic rings. The van der Waals surface area contributed by atoms with Crippen LogP contribution in [0.1, 0.15) is 11.4 Å². The van der Waals surface area contributed by atoms with Crippen molar-refractivity contribution in [2.75, 3.05) is 7.11 Å². The summed E-state index contributed by atoms with van der Waals surface area (Å²) in [5.74, 6) is 2.60. The number of H-pyrrole nitrogens is 1. The predicted molar refractivity (Wildman–Crippen MR) is 117 cm³/mol. The van der Waals surface area contributed by atoms with Crippen LogP contribution in [0.25, 0.3) is 22.3 Å². The molecule has 1 N–H and O–H groups in total. The van der Waals surface area contributed by atoms with Gasteiger partial charge in [0.2, 0.25) is 5.88 Å². The summed E-state index contributed by atoms with van der Waals surface area (Å²) < 4.78 is 11.4. The number of rotatable bonds is 6. The van der Waals surface area contributed by atoms with Crippen LogP contribution in [0, 0.1) is 0 Å². The van der Waals surface area contributed by atoms with E-state index in [1.807, 2.05) is 54.6 Å². The van der Waals surface area contributed by atoms with Gasteiger partial charge in [-0.05, 0) is 35.9 Å². The van der Waals surface area contributed by atoms with E-state index in [-0.39, 0.29) is 0 Å². The maximum atomic E-state index is 6.04. The maximum Gasteiger partial charge on any atom is 0.246 e. The summed E-state index contributed by atoms with van der Waals surface area (Å²) in [6.45, 7) is 0. The zero-order valence-corrected chi connectivity index (χ0v) is 16.8. The number of nitrogens with one attached hydrogen (secondary N) is 1. The summed E-state index contributed by atoms with van der Waals surface area (Å²) in [4.78, 5) is 20.9. The molecule has 2 aromatic carbocycles. The number of para-hydroxylation sites is 2. The van der Waals surface area contributed by atoms with Crippen molar-refractivity contribution in [3.63, 3.8) is 0 Å². The molecule has 3 heterocycles. The highest BCUT2D eigenvalue weighted by Crippen LogP contribution is 2.34. The number of imidazole rings is 1. The highest BCUT2D eigenvalue weighted by atomic mass is 16.5. The van der Waals surface area contributed by atoms with E-state index in [1.165, 1.54) is 0 Å². The molecule has 152 valence electrons.